The second kappa shape index (κ2) is 11.5. The Morgan fingerprint density at radius 1 is 1.13 bits per heavy atom. The van der Waals surface area contributed by atoms with Crippen molar-refractivity contribution in [3.05, 3.63) is 29.8 Å². The lowest BCUT2D eigenvalue weighted by molar-refractivity contribution is -0.114. The molecular weight excluding hydrogens is 288 g/mol. The number of guanidine groups is 1. The minimum Gasteiger partial charge on any atom is -0.357 e. The molecule has 5 nitrogen and oxygen atoms in total. The molecule has 0 unspecified atom stereocenters. The molecule has 3 N–H and O–H groups in total. The molecule has 0 heterocycles. The maximum absolute atomic E-state index is 11.1. The van der Waals surface area contributed by atoms with Gasteiger partial charge in [0.05, 0.1) is 6.54 Å². The van der Waals surface area contributed by atoms with Gasteiger partial charge in [-0.25, -0.2) is 4.99 Å². The number of anilines is 1. The molecule has 0 aromatic heterocycles. The molecule has 0 saturated heterocycles. The van der Waals surface area contributed by atoms with Crippen LogP contribution in [0.5, 0.6) is 0 Å². The van der Waals surface area contributed by atoms with E-state index in [1.807, 2.05) is 24.3 Å². The van der Waals surface area contributed by atoms with Crippen LogP contribution in [0.25, 0.3) is 0 Å². The van der Waals surface area contributed by atoms with E-state index in [2.05, 4.69) is 34.8 Å². The standard InChI is InChI=1S/C18H30N4O/c1-4-6-7-8-12-20-18(19-5-2)21-14-16-10-9-11-17(13-16)22-15(3)23/h9-11,13H,4-8,12,14H2,1-3H3,(H,22,23)(H2,19,20,21). The van der Waals surface area contributed by atoms with Crippen LogP contribution in [0.2, 0.25) is 0 Å². The lowest BCUT2D eigenvalue weighted by Crippen LogP contribution is -2.37. The number of benzene rings is 1. The number of carbonyl (C=O) groups excluding carboxylic acids is 1. The van der Waals surface area contributed by atoms with Gasteiger partial charge in [-0.3, -0.25) is 4.79 Å². The Balaban J connectivity index is 2.53. The van der Waals surface area contributed by atoms with Crippen LogP contribution in [0.15, 0.2) is 29.3 Å². The number of aliphatic imine (C=N–C) groups is 1. The third kappa shape index (κ3) is 8.86. The highest BCUT2D eigenvalue weighted by atomic mass is 16.1. The molecule has 0 aliphatic heterocycles. The van der Waals surface area contributed by atoms with Crippen molar-refractivity contribution in [2.24, 2.45) is 4.99 Å². The van der Waals surface area contributed by atoms with Crippen molar-refractivity contribution < 1.29 is 4.79 Å². The summed E-state index contributed by atoms with van der Waals surface area (Å²) in [4.78, 5) is 15.7. The summed E-state index contributed by atoms with van der Waals surface area (Å²) in [6.45, 7) is 8.15. The zero-order chi connectivity index (χ0) is 16.9. The normalized spacial score (nSPS) is 11.2. The van der Waals surface area contributed by atoms with Crippen molar-refractivity contribution in [1.29, 1.82) is 0 Å². The first-order valence-electron chi connectivity index (χ1n) is 8.54. The van der Waals surface area contributed by atoms with Gasteiger partial charge in [0, 0.05) is 25.7 Å². The summed E-state index contributed by atoms with van der Waals surface area (Å²) in [7, 11) is 0. The highest BCUT2D eigenvalue weighted by Crippen LogP contribution is 2.11. The van der Waals surface area contributed by atoms with Gasteiger partial charge in [-0.05, 0) is 31.0 Å². The van der Waals surface area contributed by atoms with Crippen LogP contribution in [0.3, 0.4) is 0 Å². The van der Waals surface area contributed by atoms with E-state index in [1.165, 1.54) is 26.2 Å². The van der Waals surface area contributed by atoms with Gasteiger partial charge < -0.3 is 16.0 Å². The minimum absolute atomic E-state index is 0.0623. The minimum atomic E-state index is -0.0623. The molecule has 1 aromatic carbocycles. The molecule has 0 aliphatic rings. The number of carbonyl (C=O) groups is 1. The van der Waals surface area contributed by atoms with Crippen molar-refractivity contribution in [2.75, 3.05) is 18.4 Å². The van der Waals surface area contributed by atoms with Crippen molar-refractivity contribution in [2.45, 2.75) is 53.0 Å². The van der Waals surface area contributed by atoms with Crippen LogP contribution in [-0.2, 0) is 11.3 Å². The molecule has 1 aromatic rings. The molecule has 1 rings (SSSR count). The number of hydrogen-bond donors (Lipinski definition) is 3. The van der Waals surface area contributed by atoms with Crippen molar-refractivity contribution in [3.8, 4) is 0 Å². The summed E-state index contributed by atoms with van der Waals surface area (Å²) in [5, 5.41) is 9.42. The lowest BCUT2D eigenvalue weighted by atomic mass is 10.2. The monoisotopic (exact) mass is 318 g/mol. The smallest absolute Gasteiger partial charge is 0.221 e. The van der Waals surface area contributed by atoms with Gasteiger partial charge in [-0.15, -0.1) is 0 Å². The average Bonchev–Trinajstić information content (AvgIpc) is 2.52. The molecule has 1 amide bonds. The van der Waals surface area contributed by atoms with Crippen molar-refractivity contribution in [1.82, 2.24) is 10.6 Å². The summed E-state index contributed by atoms with van der Waals surface area (Å²) < 4.78 is 0. The number of nitrogens with zero attached hydrogens (tertiary/aromatic N) is 1. The molecular formula is C18H30N4O. The van der Waals surface area contributed by atoms with Crippen LogP contribution in [0.1, 0.15) is 52.0 Å². The summed E-state index contributed by atoms with van der Waals surface area (Å²) in [5.74, 6) is 0.779. The van der Waals surface area contributed by atoms with Gasteiger partial charge in [0.15, 0.2) is 5.96 Å². The number of amides is 1. The van der Waals surface area contributed by atoms with E-state index in [0.29, 0.717) is 6.54 Å². The van der Waals surface area contributed by atoms with E-state index in [1.54, 1.807) is 0 Å². The van der Waals surface area contributed by atoms with E-state index in [0.717, 1.165) is 36.7 Å². The summed E-state index contributed by atoms with van der Waals surface area (Å²) in [6.07, 6.45) is 4.95. The zero-order valence-corrected chi connectivity index (χ0v) is 14.6. The lowest BCUT2D eigenvalue weighted by Gasteiger charge is -2.11. The predicted molar refractivity (Wildman–Crippen MR) is 97.7 cm³/mol. The predicted octanol–water partition coefficient (Wildman–Crippen LogP) is 3.28. The zero-order valence-electron chi connectivity index (χ0n) is 14.6. The summed E-state index contributed by atoms with van der Waals surface area (Å²) in [6, 6.07) is 7.78. The van der Waals surface area contributed by atoms with E-state index in [-0.39, 0.29) is 5.91 Å². The number of nitrogens with one attached hydrogen (secondary N) is 3. The van der Waals surface area contributed by atoms with Crippen LogP contribution in [0.4, 0.5) is 5.69 Å². The Morgan fingerprint density at radius 3 is 2.65 bits per heavy atom. The third-order valence-corrected chi connectivity index (χ3v) is 3.33. The molecule has 5 heteroatoms. The molecule has 0 saturated carbocycles. The van der Waals surface area contributed by atoms with Gasteiger partial charge >= 0.3 is 0 Å². The van der Waals surface area contributed by atoms with Crippen LogP contribution in [0, 0.1) is 0 Å². The van der Waals surface area contributed by atoms with Gasteiger partial charge in [0.1, 0.15) is 0 Å². The fraction of sp³-hybridized carbons (Fsp3) is 0.556. The number of unbranched alkanes of at least 4 members (excludes halogenated alkanes) is 3. The Bertz CT molecular complexity index is 500. The van der Waals surface area contributed by atoms with Gasteiger partial charge in [0.25, 0.3) is 0 Å². The number of rotatable bonds is 9. The average molecular weight is 318 g/mol. The maximum Gasteiger partial charge on any atom is 0.221 e. The van der Waals surface area contributed by atoms with Crippen molar-refractivity contribution in [3.63, 3.8) is 0 Å². The first-order chi connectivity index (χ1) is 11.2. The largest absolute Gasteiger partial charge is 0.357 e. The molecule has 0 aliphatic carbocycles. The molecule has 0 fully saturated rings. The molecule has 0 spiro atoms. The van der Waals surface area contributed by atoms with E-state index >= 15 is 0 Å². The Morgan fingerprint density at radius 2 is 1.96 bits per heavy atom. The van der Waals surface area contributed by atoms with E-state index < -0.39 is 0 Å². The Hall–Kier alpha value is -2.04. The highest BCUT2D eigenvalue weighted by molar-refractivity contribution is 5.88. The molecule has 23 heavy (non-hydrogen) atoms. The molecule has 128 valence electrons. The quantitative estimate of drug-likeness (QED) is 0.372. The summed E-state index contributed by atoms with van der Waals surface area (Å²) in [5.41, 5.74) is 1.88. The molecule has 0 atom stereocenters. The number of hydrogen-bond acceptors (Lipinski definition) is 2. The van der Waals surface area contributed by atoms with Crippen LogP contribution < -0.4 is 16.0 Å². The van der Waals surface area contributed by atoms with Crippen LogP contribution >= 0.6 is 0 Å². The van der Waals surface area contributed by atoms with Crippen LogP contribution in [-0.4, -0.2) is 25.0 Å². The van der Waals surface area contributed by atoms with Gasteiger partial charge in [-0.2, -0.15) is 0 Å². The van der Waals surface area contributed by atoms with E-state index in [4.69, 9.17) is 0 Å². The first kappa shape index (κ1) is 19.0. The van der Waals surface area contributed by atoms with Gasteiger partial charge in [-0.1, -0.05) is 38.3 Å². The second-order valence-electron chi connectivity index (χ2n) is 5.56. The fourth-order valence-corrected chi connectivity index (χ4v) is 2.22. The maximum atomic E-state index is 11.1. The molecule has 0 bridgehead atoms. The summed E-state index contributed by atoms with van der Waals surface area (Å²) >= 11 is 0. The van der Waals surface area contributed by atoms with E-state index in [9.17, 15) is 4.79 Å². The SMILES string of the molecule is CCCCCCNC(=NCc1cccc(NC(C)=O)c1)NCC. The Kier molecular flexibility index (Phi) is 9.52. The Labute approximate surface area is 140 Å². The fourth-order valence-electron chi connectivity index (χ4n) is 2.22. The third-order valence-electron chi connectivity index (χ3n) is 3.33. The highest BCUT2D eigenvalue weighted by Gasteiger charge is 2.00. The second-order valence-corrected chi connectivity index (χ2v) is 5.56. The van der Waals surface area contributed by atoms with Crippen molar-refractivity contribution >= 4 is 17.6 Å². The van der Waals surface area contributed by atoms with Gasteiger partial charge in [0.2, 0.25) is 5.91 Å². The topological polar surface area (TPSA) is 65.5 Å². The molecule has 0 radical (unpaired) electrons. The first-order valence-corrected chi connectivity index (χ1v) is 8.54.